The van der Waals surface area contributed by atoms with Gasteiger partial charge in [0, 0.05) is 18.3 Å². The molecule has 0 bridgehead atoms. The average molecular weight is 234 g/mol. The number of hydrogen-bond donors (Lipinski definition) is 2. The summed E-state index contributed by atoms with van der Waals surface area (Å²) in [5, 5.41) is 9.40. The van der Waals surface area contributed by atoms with Crippen molar-refractivity contribution in [1.82, 2.24) is 4.90 Å². The van der Waals surface area contributed by atoms with Gasteiger partial charge in [0.25, 0.3) is 0 Å². The minimum Gasteiger partial charge on any atom is -0.399 e. The van der Waals surface area contributed by atoms with Gasteiger partial charge in [-0.15, -0.1) is 0 Å². The van der Waals surface area contributed by atoms with E-state index in [1.165, 1.54) is 24.0 Å². The lowest BCUT2D eigenvalue weighted by Gasteiger charge is -2.35. The number of benzene rings is 1. The SMILES string of the molecule is Cc1c(N)cccc1CN1CCCCC1CO. The first-order valence-corrected chi connectivity index (χ1v) is 6.41. The van der Waals surface area contributed by atoms with E-state index < -0.39 is 0 Å². The molecule has 0 amide bonds. The molecule has 1 aromatic carbocycles. The van der Waals surface area contributed by atoms with Crippen LogP contribution in [-0.2, 0) is 6.54 Å². The summed E-state index contributed by atoms with van der Waals surface area (Å²) < 4.78 is 0. The summed E-state index contributed by atoms with van der Waals surface area (Å²) in [5.41, 5.74) is 9.24. The summed E-state index contributed by atoms with van der Waals surface area (Å²) >= 11 is 0. The number of nitrogen functional groups attached to an aromatic ring is 1. The Labute approximate surface area is 103 Å². The molecule has 3 N–H and O–H groups in total. The standard InChI is InChI=1S/C14H22N2O/c1-11-12(5-4-7-14(11)15)9-16-8-3-2-6-13(16)10-17/h4-5,7,13,17H,2-3,6,8-10,15H2,1H3. The molecule has 1 aromatic rings. The Morgan fingerprint density at radius 3 is 3.00 bits per heavy atom. The molecule has 1 atom stereocenters. The van der Waals surface area contributed by atoms with E-state index in [1.807, 2.05) is 12.1 Å². The molecule has 3 heteroatoms. The van der Waals surface area contributed by atoms with Crippen molar-refractivity contribution in [3.63, 3.8) is 0 Å². The molecule has 3 nitrogen and oxygen atoms in total. The smallest absolute Gasteiger partial charge is 0.0586 e. The fraction of sp³-hybridized carbons (Fsp3) is 0.571. The van der Waals surface area contributed by atoms with Gasteiger partial charge in [0.15, 0.2) is 0 Å². The van der Waals surface area contributed by atoms with Gasteiger partial charge in [-0.05, 0) is 43.5 Å². The Balaban J connectivity index is 2.11. The fourth-order valence-electron chi connectivity index (χ4n) is 2.57. The monoisotopic (exact) mass is 234 g/mol. The minimum atomic E-state index is 0.265. The Morgan fingerprint density at radius 1 is 1.41 bits per heavy atom. The highest BCUT2D eigenvalue weighted by molar-refractivity contribution is 5.49. The van der Waals surface area contributed by atoms with Crippen LogP contribution in [0.25, 0.3) is 0 Å². The van der Waals surface area contributed by atoms with Crippen LogP contribution in [-0.4, -0.2) is 29.2 Å². The molecule has 1 unspecified atom stereocenters. The van der Waals surface area contributed by atoms with Gasteiger partial charge in [-0.25, -0.2) is 0 Å². The average Bonchev–Trinajstić information content (AvgIpc) is 2.35. The zero-order valence-electron chi connectivity index (χ0n) is 10.5. The second-order valence-electron chi connectivity index (χ2n) is 4.93. The molecular weight excluding hydrogens is 212 g/mol. The number of aliphatic hydroxyl groups is 1. The van der Waals surface area contributed by atoms with Crippen molar-refractivity contribution in [2.24, 2.45) is 0 Å². The molecular formula is C14H22N2O. The Hall–Kier alpha value is -1.06. The van der Waals surface area contributed by atoms with Crippen LogP contribution in [0.4, 0.5) is 5.69 Å². The molecule has 0 aromatic heterocycles. The lowest BCUT2D eigenvalue weighted by Crippen LogP contribution is -2.41. The predicted molar refractivity (Wildman–Crippen MR) is 70.7 cm³/mol. The molecule has 1 aliphatic heterocycles. The predicted octanol–water partition coefficient (Wildman–Crippen LogP) is 1.92. The van der Waals surface area contributed by atoms with Gasteiger partial charge in [0.05, 0.1) is 6.61 Å². The zero-order valence-corrected chi connectivity index (χ0v) is 10.5. The minimum absolute atomic E-state index is 0.265. The number of hydrogen-bond acceptors (Lipinski definition) is 3. The molecule has 17 heavy (non-hydrogen) atoms. The van der Waals surface area contributed by atoms with Crippen molar-refractivity contribution >= 4 is 5.69 Å². The van der Waals surface area contributed by atoms with Gasteiger partial charge in [0.1, 0.15) is 0 Å². The molecule has 94 valence electrons. The molecule has 0 aliphatic carbocycles. The van der Waals surface area contributed by atoms with Gasteiger partial charge in [-0.2, -0.15) is 0 Å². The third-order valence-electron chi connectivity index (χ3n) is 3.82. The van der Waals surface area contributed by atoms with Crippen LogP contribution in [0.15, 0.2) is 18.2 Å². The molecule has 1 saturated heterocycles. The maximum absolute atomic E-state index is 9.40. The maximum atomic E-state index is 9.40. The number of aliphatic hydroxyl groups excluding tert-OH is 1. The summed E-state index contributed by atoms with van der Waals surface area (Å²) in [6.07, 6.45) is 3.58. The van der Waals surface area contributed by atoms with E-state index >= 15 is 0 Å². The normalized spacial score (nSPS) is 21.6. The van der Waals surface area contributed by atoms with Crippen LogP contribution >= 0.6 is 0 Å². The van der Waals surface area contributed by atoms with Gasteiger partial charge in [0.2, 0.25) is 0 Å². The summed E-state index contributed by atoms with van der Waals surface area (Å²) in [6, 6.07) is 6.41. The largest absolute Gasteiger partial charge is 0.399 e. The Morgan fingerprint density at radius 2 is 2.24 bits per heavy atom. The second-order valence-corrected chi connectivity index (χ2v) is 4.93. The number of rotatable bonds is 3. The Bertz CT molecular complexity index is 378. The molecule has 1 aliphatic rings. The lowest BCUT2D eigenvalue weighted by atomic mass is 10.00. The summed E-state index contributed by atoms with van der Waals surface area (Å²) in [7, 11) is 0. The van der Waals surface area contributed by atoms with Crippen LogP contribution in [0.2, 0.25) is 0 Å². The van der Waals surface area contributed by atoms with Crippen LogP contribution in [0.3, 0.4) is 0 Å². The molecule has 0 radical (unpaired) electrons. The number of likely N-dealkylation sites (tertiary alicyclic amines) is 1. The van der Waals surface area contributed by atoms with Crippen molar-refractivity contribution in [3.8, 4) is 0 Å². The lowest BCUT2D eigenvalue weighted by molar-refractivity contribution is 0.0840. The van der Waals surface area contributed by atoms with E-state index in [4.69, 9.17) is 5.73 Å². The highest BCUT2D eigenvalue weighted by Gasteiger charge is 2.22. The van der Waals surface area contributed by atoms with E-state index in [0.717, 1.165) is 25.2 Å². The van der Waals surface area contributed by atoms with E-state index in [2.05, 4.69) is 17.9 Å². The first-order chi connectivity index (χ1) is 8.22. The van der Waals surface area contributed by atoms with Crippen LogP contribution in [0, 0.1) is 6.92 Å². The second kappa shape index (κ2) is 5.52. The summed E-state index contributed by atoms with van der Waals surface area (Å²) in [4.78, 5) is 2.38. The first-order valence-electron chi connectivity index (χ1n) is 6.41. The molecule has 1 fully saturated rings. The third kappa shape index (κ3) is 2.79. The quantitative estimate of drug-likeness (QED) is 0.786. The van der Waals surface area contributed by atoms with Gasteiger partial charge in [-0.1, -0.05) is 18.6 Å². The summed E-state index contributed by atoms with van der Waals surface area (Å²) in [6.45, 7) is 4.32. The van der Waals surface area contributed by atoms with Crippen LogP contribution < -0.4 is 5.73 Å². The van der Waals surface area contributed by atoms with Crippen molar-refractivity contribution in [2.75, 3.05) is 18.9 Å². The zero-order chi connectivity index (χ0) is 12.3. The highest BCUT2D eigenvalue weighted by atomic mass is 16.3. The number of anilines is 1. The molecule has 2 rings (SSSR count). The van der Waals surface area contributed by atoms with Crippen molar-refractivity contribution in [3.05, 3.63) is 29.3 Å². The van der Waals surface area contributed by atoms with Gasteiger partial charge >= 0.3 is 0 Å². The topological polar surface area (TPSA) is 49.5 Å². The van der Waals surface area contributed by atoms with Crippen LogP contribution in [0.5, 0.6) is 0 Å². The number of nitrogens with two attached hydrogens (primary N) is 1. The van der Waals surface area contributed by atoms with E-state index in [-0.39, 0.29) is 6.61 Å². The maximum Gasteiger partial charge on any atom is 0.0586 e. The number of nitrogens with zero attached hydrogens (tertiary/aromatic N) is 1. The number of piperidine rings is 1. The first kappa shape index (κ1) is 12.4. The molecule has 0 saturated carbocycles. The van der Waals surface area contributed by atoms with Crippen molar-refractivity contribution < 1.29 is 5.11 Å². The van der Waals surface area contributed by atoms with Crippen molar-refractivity contribution in [2.45, 2.75) is 38.8 Å². The highest BCUT2D eigenvalue weighted by Crippen LogP contribution is 2.22. The van der Waals surface area contributed by atoms with Gasteiger partial charge in [-0.3, -0.25) is 4.90 Å². The van der Waals surface area contributed by atoms with Crippen LogP contribution in [0.1, 0.15) is 30.4 Å². The molecule has 1 heterocycles. The van der Waals surface area contributed by atoms with E-state index in [0.29, 0.717) is 6.04 Å². The summed E-state index contributed by atoms with van der Waals surface area (Å²) in [5.74, 6) is 0. The third-order valence-corrected chi connectivity index (χ3v) is 3.82. The molecule has 0 spiro atoms. The fourth-order valence-corrected chi connectivity index (χ4v) is 2.57. The van der Waals surface area contributed by atoms with E-state index in [9.17, 15) is 5.11 Å². The van der Waals surface area contributed by atoms with E-state index in [1.54, 1.807) is 0 Å². The van der Waals surface area contributed by atoms with Gasteiger partial charge < -0.3 is 10.8 Å². The Kier molecular flexibility index (Phi) is 4.02. The van der Waals surface area contributed by atoms with Crippen molar-refractivity contribution in [1.29, 1.82) is 0 Å².